The molecule has 120 valence electrons. The summed E-state index contributed by atoms with van der Waals surface area (Å²) < 4.78 is 31.0. The summed E-state index contributed by atoms with van der Waals surface area (Å²) in [5.74, 6) is 0.698. The Morgan fingerprint density at radius 2 is 1.77 bits per heavy atom. The third-order valence-corrected chi connectivity index (χ3v) is 6.60. The van der Waals surface area contributed by atoms with E-state index in [1.807, 2.05) is 0 Å². The van der Waals surface area contributed by atoms with Gasteiger partial charge in [-0.2, -0.15) is 0 Å². The SMILES string of the molecule is CS(=O)(=O)N1C[C@H]2[C@@H](C1)c1ccccc1[C@@H]2N1CCOCC1. The Morgan fingerprint density at radius 1 is 1.09 bits per heavy atom. The Kier molecular flexibility index (Phi) is 3.52. The fraction of sp³-hybridized carbons (Fsp3) is 0.625. The van der Waals surface area contributed by atoms with Crippen LogP contribution in [0.15, 0.2) is 24.3 Å². The van der Waals surface area contributed by atoms with Gasteiger partial charge in [-0.15, -0.1) is 0 Å². The first kappa shape index (κ1) is 14.6. The summed E-state index contributed by atoms with van der Waals surface area (Å²) in [5, 5.41) is 0. The van der Waals surface area contributed by atoms with Gasteiger partial charge in [-0.25, -0.2) is 12.7 Å². The molecule has 6 heteroatoms. The number of hydrogen-bond donors (Lipinski definition) is 0. The molecule has 0 saturated carbocycles. The van der Waals surface area contributed by atoms with Crippen LogP contribution in [0.3, 0.4) is 0 Å². The normalized spacial score (nSPS) is 32.9. The minimum atomic E-state index is -3.11. The van der Waals surface area contributed by atoms with Crippen LogP contribution >= 0.6 is 0 Å². The summed E-state index contributed by atoms with van der Waals surface area (Å²) in [6.07, 6.45) is 1.32. The quantitative estimate of drug-likeness (QED) is 0.817. The summed E-state index contributed by atoms with van der Waals surface area (Å²) in [6, 6.07) is 8.90. The van der Waals surface area contributed by atoms with Gasteiger partial charge in [-0.3, -0.25) is 4.90 Å². The van der Waals surface area contributed by atoms with Crippen LogP contribution in [0.4, 0.5) is 0 Å². The fourth-order valence-electron chi connectivity index (χ4n) is 4.38. The van der Waals surface area contributed by atoms with E-state index in [9.17, 15) is 8.42 Å². The Balaban J connectivity index is 1.71. The predicted molar refractivity (Wildman–Crippen MR) is 84.2 cm³/mol. The van der Waals surface area contributed by atoms with Crippen LogP contribution in [0, 0.1) is 5.92 Å². The van der Waals surface area contributed by atoms with Crippen molar-refractivity contribution in [3.05, 3.63) is 35.4 Å². The van der Waals surface area contributed by atoms with Crippen LogP contribution in [0.2, 0.25) is 0 Å². The highest BCUT2D eigenvalue weighted by Gasteiger charge is 2.49. The third kappa shape index (κ3) is 2.29. The standard InChI is InChI=1S/C16H22N2O3S/c1-22(19,20)18-10-14-12-4-2-3-5-13(12)16(15(14)11-18)17-6-8-21-9-7-17/h2-5,14-16H,6-11H2,1H3/t14-,15-,16-/m0/s1. The smallest absolute Gasteiger partial charge is 0.211 e. The van der Waals surface area contributed by atoms with Crippen LogP contribution in [0.25, 0.3) is 0 Å². The van der Waals surface area contributed by atoms with Crippen LogP contribution in [-0.4, -0.2) is 63.3 Å². The van der Waals surface area contributed by atoms with Crippen molar-refractivity contribution in [2.24, 2.45) is 5.92 Å². The summed E-state index contributed by atoms with van der Waals surface area (Å²) in [4.78, 5) is 2.48. The number of rotatable bonds is 2. The minimum Gasteiger partial charge on any atom is -0.379 e. The molecule has 1 aromatic rings. The van der Waals surface area contributed by atoms with Crippen molar-refractivity contribution in [2.45, 2.75) is 12.0 Å². The van der Waals surface area contributed by atoms with E-state index in [1.54, 1.807) is 4.31 Å². The molecule has 5 nitrogen and oxygen atoms in total. The van der Waals surface area contributed by atoms with Crippen molar-refractivity contribution in [1.82, 2.24) is 9.21 Å². The lowest BCUT2D eigenvalue weighted by molar-refractivity contribution is 0.00539. The molecule has 0 aromatic heterocycles. The molecule has 2 saturated heterocycles. The predicted octanol–water partition coefficient (Wildman–Crippen LogP) is 1.05. The summed E-state index contributed by atoms with van der Waals surface area (Å²) in [6.45, 7) is 4.67. The zero-order chi connectivity index (χ0) is 15.3. The molecule has 22 heavy (non-hydrogen) atoms. The molecule has 0 radical (unpaired) electrons. The van der Waals surface area contributed by atoms with Crippen LogP contribution in [-0.2, 0) is 14.8 Å². The van der Waals surface area contributed by atoms with Gasteiger partial charge in [0.05, 0.1) is 19.5 Å². The number of morpholine rings is 1. The molecular weight excluding hydrogens is 300 g/mol. The lowest BCUT2D eigenvalue weighted by atomic mass is 9.93. The van der Waals surface area contributed by atoms with E-state index < -0.39 is 10.0 Å². The van der Waals surface area contributed by atoms with Gasteiger partial charge in [0.25, 0.3) is 0 Å². The molecule has 0 bridgehead atoms. The summed E-state index contributed by atoms with van der Waals surface area (Å²) >= 11 is 0. The van der Waals surface area contributed by atoms with Gasteiger partial charge >= 0.3 is 0 Å². The maximum absolute atomic E-state index is 12.0. The lowest BCUT2D eigenvalue weighted by Gasteiger charge is -2.36. The Morgan fingerprint density at radius 3 is 2.45 bits per heavy atom. The van der Waals surface area contributed by atoms with Crippen LogP contribution in [0.5, 0.6) is 0 Å². The average Bonchev–Trinajstić information content (AvgIpc) is 3.05. The van der Waals surface area contributed by atoms with Gasteiger partial charge in [0.1, 0.15) is 0 Å². The first-order chi connectivity index (χ1) is 10.6. The summed E-state index contributed by atoms with van der Waals surface area (Å²) in [5.41, 5.74) is 2.74. The molecular formula is C16H22N2O3S. The average molecular weight is 322 g/mol. The number of ether oxygens (including phenoxy) is 1. The maximum atomic E-state index is 12.0. The molecule has 0 spiro atoms. The van der Waals surface area contributed by atoms with Gasteiger partial charge in [-0.05, 0) is 11.1 Å². The van der Waals surface area contributed by atoms with Crippen LogP contribution in [0.1, 0.15) is 23.1 Å². The van der Waals surface area contributed by atoms with Crippen molar-refractivity contribution in [2.75, 3.05) is 45.6 Å². The van der Waals surface area contributed by atoms with Gasteiger partial charge in [0.15, 0.2) is 0 Å². The van der Waals surface area contributed by atoms with Gasteiger partial charge in [-0.1, -0.05) is 24.3 Å². The molecule has 3 aliphatic rings. The molecule has 2 aliphatic heterocycles. The highest BCUT2D eigenvalue weighted by atomic mass is 32.2. The lowest BCUT2D eigenvalue weighted by Crippen LogP contribution is -2.41. The second-order valence-corrected chi connectivity index (χ2v) is 8.55. The number of benzene rings is 1. The van der Waals surface area contributed by atoms with Crippen molar-refractivity contribution >= 4 is 10.0 Å². The van der Waals surface area contributed by atoms with E-state index in [0.29, 0.717) is 31.0 Å². The first-order valence-corrected chi connectivity index (χ1v) is 9.76. The van der Waals surface area contributed by atoms with Gasteiger partial charge < -0.3 is 4.74 Å². The molecule has 0 unspecified atom stereocenters. The van der Waals surface area contributed by atoms with Crippen molar-refractivity contribution < 1.29 is 13.2 Å². The molecule has 4 rings (SSSR count). The molecule has 0 amide bonds. The first-order valence-electron chi connectivity index (χ1n) is 7.91. The van der Waals surface area contributed by atoms with Gasteiger partial charge in [0, 0.05) is 44.1 Å². The molecule has 2 heterocycles. The molecule has 3 atom stereocenters. The molecule has 1 aromatic carbocycles. The highest BCUT2D eigenvalue weighted by Crippen LogP contribution is 2.52. The Bertz CT molecular complexity index is 670. The molecule has 1 aliphatic carbocycles. The largest absolute Gasteiger partial charge is 0.379 e. The van der Waals surface area contributed by atoms with Crippen LogP contribution < -0.4 is 0 Å². The zero-order valence-electron chi connectivity index (χ0n) is 12.8. The third-order valence-electron chi connectivity index (χ3n) is 5.36. The van der Waals surface area contributed by atoms with Crippen molar-refractivity contribution in [3.63, 3.8) is 0 Å². The Labute approximate surface area is 131 Å². The zero-order valence-corrected chi connectivity index (χ0v) is 13.6. The number of nitrogens with zero attached hydrogens (tertiary/aromatic N) is 2. The Hall–Kier alpha value is -0.950. The van der Waals surface area contributed by atoms with E-state index in [-0.39, 0.29) is 0 Å². The molecule has 2 fully saturated rings. The maximum Gasteiger partial charge on any atom is 0.211 e. The number of sulfonamides is 1. The number of hydrogen-bond acceptors (Lipinski definition) is 4. The van der Waals surface area contributed by atoms with Crippen molar-refractivity contribution in [1.29, 1.82) is 0 Å². The highest BCUT2D eigenvalue weighted by molar-refractivity contribution is 7.88. The fourth-order valence-corrected chi connectivity index (χ4v) is 5.26. The minimum absolute atomic E-state index is 0.330. The second kappa shape index (κ2) is 5.30. The van der Waals surface area contributed by atoms with Gasteiger partial charge in [0.2, 0.25) is 10.0 Å². The van der Waals surface area contributed by atoms with E-state index in [0.717, 1.165) is 26.3 Å². The van der Waals surface area contributed by atoms with E-state index in [4.69, 9.17) is 4.74 Å². The number of fused-ring (bicyclic) bond motifs is 3. The molecule has 0 N–H and O–H groups in total. The summed E-state index contributed by atoms with van der Waals surface area (Å²) in [7, 11) is -3.11. The van der Waals surface area contributed by atoms with E-state index in [2.05, 4.69) is 29.2 Å². The monoisotopic (exact) mass is 322 g/mol. The topological polar surface area (TPSA) is 49.9 Å². The van der Waals surface area contributed by atoms with Crippen molar-refractivity contribution in [3.8, 4) is 0 Å². The second-order valence-electron chi connectivity index (χ2n) is 6.57. The van der Waals surface area contributed by atoms with E-state index >= 15 is 0 Å². The van der Waals surface area contributed by atoms with E-state index in [1.165, 1.54) is 17.4 Å².